The molecule has 5 nitrogen and oxygen atoms in total. The topological polar surface area (TPSA) is 53.6 Å². The largest absolute Gasteiger partial charge is 0.477 e. The van der Waals surface area contributed by atoms with Gasteiger partial charge in [-0.25, -0.2) is 0 Å². The first-order valence-corrected chi connectivity index (χ1v) is 9.71. The second-order valence-corrected chi connectivity index (χ2v) is 7.15. The average Bonchev–Trinajstić information content (AvgIpc) is 2.66. The molecule has 1 amide bonds. The maximum absolute atomic E-state index is 12.4. The number of para-hydroxylation sites is 2. The van der Waals surface area contributed by atoms with Gasteiger partial charge in [0.15, 0.2) is 11.2 Å². The Balaban J connectivity index is 1.73. The van der Waals surface area contributed by atoms with Crippen LogP contribution in [0.5, 0.6) is 5.75 Å². The van der Waals surface area contributed by atoms with Crippen molar-refractivity contribution in [2.24, 2.45) is 0 Å². The van der Waals surface area contributed by atoms with Gasteiger partial charge in [-0.2, -0.15) is 0 Å². The highest BCUT2D eigenvalue weighted by Crippen LogP contribution is 2.33. The van der Waals surface area contributed by atoms with Crippen LogP contribution in [-0.4, -0.2) is 36.3 Å². The molecule has 2 aliphatic rings. The number of ether oxygens (including phenoxy) is 1. The van der Waals surface area contributed by atoms with Crippen molar-refractivity contribution in [3.05, 3.63) is 24.3 Å². The first kappa shape index (κ1) is 18.0. The van der Waals surface area contributed by atoms with E-state index in [1.54, 1.807) is 0 Å². The summed E-state index contributed by atoms with van der Waals surface area (Å²) in [7, 11) is 0. The number of thiocarbonyl (C=S) groups is 1. The number of amides is 1. The highest BCUT2D eigenvalue weighted by Gasteiger charge is 2.32. The number of benzene rings is 1. The Bertz CT molecular complexity index is 616. The highest BCUT2D eigenvalue weighted by molar-refractivity contribution is 7.80. The zero-order chi connectivity index (χ0) is 17.6. The van der Waals surface area contributed by atoms with Crippen LogP contribution in [-0.2, 0) is 4.79 Å². The summed E-state index contributed by atoms with van der Waals surface area (Å²) in [6.45, 7) is 3.13. The molecule has 0 radical (unpaired) electrons. The molecule has 0 saturated heterocycles. The first-order valence-electron chi connectivity index (χ1n) is 9.30. The molecule has 1 heterocycles. The van der Waals surface area contributed by atoms with Crippen molar-refractivity contribution in [2.75, 3.05) is 18.0 Å². The monoisotopic (exact) mass is 361 g/mol. The third kappa shape index (κ3) is 4.42. The second kappa shape index (κ2) is 8.52. The van der Waals surface area contributed by atoms with Crippen LogP contribution in [0.15, 0.2) is 24.3 Å². The van der Waals surface area contributed by atoms with Crippen LogP contribution in [0.4, 0.5) is 5.69 Å². The summed E-state index contributed by atoms with van der Waals surface area (Å²) in [5.74, 6) is 0.625. The fourth-order valence-electron chi connectivity index (χ4n) is 3.42. The fourth-order valence-corrected chi connectivity index (χ4v) is 3.76. The van der Waals surface area contributed by atoms with E-state index in [0.29, 0.717) is 30.0 Å². The summed E-state index contributed by atoms with van der Waals surface area (Å²) in [4.78, 5) is 14.4. The van der Waals surface area contributed by atoms with Crippen LogP contribution in [0.25, 0.3) is 0 Å². The molecule has 25 heavy (non-hydrogen) atoms. The average molecular weight is 362 g/mol. The van der Waals surface area contributed by atoms with E-state index in [4.69, 9.17) is 17.0 Å². The van der Waals surface area contributed by atoms with Crippen LogP contribution in [0.3, 0.4) is 0 Å². The predicted octanol–water partition coefficient (Wildman–Crippen LogP) is 2.99. The zero-order valence-corrected chi connectivity index (χ0v) is 15.6. The molecule has 0 aromatic heterocycles. The van der Waals surface area contributed by atoms with Gasteiger partial charge in [-0.1, -0.05) is 38.3 Å². The number of rotatable bonds is 4. The molecular weight excluding hydrogens is 334 g/mol. The Morgan fingerprint density at radius 3 is 2.80 bits per heavy atom. The van der Waals surface area contributed by atoms with Gasteiger partial charge in [0.25, 0.3) is 5.91 Å². The number of carbonyl (C=O) groups excluding carboxylic acids is 1. The molecular formula is C19H27N3O2S. The molecule has 1 aromatic rings. The van der Waals surface area contributed by atoms with Crippen LogP contribution in [0.1, 0.15) is 45.4 Å². The summed E-state index contributed by atoms with van der Waals surface area (Å²) in [6.07, 6.45) is 6.49. The van der Waals surface area contributed by atoms with Gasteiger partial charge >= 0.3 is 0 Å². The van der Waals surface area contributed by atoms with E-state index in [1.807, 2.05) is 36.1 Å². The molecule has 0 bridgehead atoms. The third-order valence-corrected chi connectivity index (χ3v) is 5.13. The zero-order valence-electron chi connectivity index (χ0n) is 14.8. The van der Waals surface area contributed by atoms with Crippen LogP contribution < -0.4 is 20.3 Å². The molecule has 2 N–H and O–H groups in total. The molecule has 1 atom stereocenters. The molecule has 0 unspecified atom stereocenters. The Morgan fingerprint density at radius 2 is 2.04 bits per heavy atom. The number of anilines is 1. The van der Waals surface area contributed by atoms with Gasteiger partial charge in [0, 0.05) is 12.6 Å². The third-order valence-electron chi connectivity index (χ3n) is 4.79. The van der Waals surface area contributed by atoms with Crippen molar-refractivity contribution >= 4 is 28.9 Å². The lowest BCUT2D eigenvalue weighted by atomic mass is 9.96. The Labute approximate surface area is 155 Å². The molecule has 1 aliphatic carbocycles. The van der Waals surface area contributed by atoms with E-state index in [9.17, 15) is 4.79 Å². The molecule has 3 rings (SSSR count). The quantitative estimate of drug-likeness (QED) is 0.808. The van der Waals surface area contributed by atoms with Crippen LogP contribution in [0.2, 0.25) is 0 Å². The molecule has 0 spiro atoms. The molecule has 1 aliphatic heterocycles. The minimum Gasteiger partial charge on any atom is -0.477 e. The van der Waals surface area contributed by atoms with Crippen LogP contribution >= 0.6 is 12.2 Å². The van der Waals surface area contributed by atoms with E-state index in [2.05, 4.69) is 10.6 Å². The van der Waals surface area contributed by atoms with Crippen LogP contribution in [0, 0.1) is 0 Å². The summed E-state index contributed by atoms with van der Waals surface area (Å²) in [5.41, 5.74) is 0.926. The van der Waals surface area contributed by atoms with E-state index in [1.165, 1.54) is 19.3 Å². The second-order valence-electron chi connectivity index (χ2n) is 6.76. The van der Waals surface area contributed by atoms with Gasteiger partial charge in [-0.3, -0.25) is 4.79 Å². The van der Waals surface area contributed by atoms with Gasteiger partial charge in [0.05, 0.1) is 12.2 Å². The van der Waals surface area contributed by atoms with Gasteiger partial charge in [-0.05, 0) is 43.6 Å². The van der Waals surface area contributed by atoms with Gasteiger partial charge in [0.2, 0.25) is 0 Å². The summed E-state index contributed by atoms with van der Waals surface area (Å²) < 4.78 is 5.92. The van der Waals surface area contributed by atoms with Crippen molar-refractivity contribution in [2.45, 2.75) is 57.6 Å². The molecule has 1 fully saturated rings. The van der Waals surface area contributed by atoms with Gasteiger partial charge in [0.1, 0.15) is 5.75 Å². The lowest BCUT2D eigenvalue weighted by molar-refractivity contribution is -0.127. The number of fused-ring (bicyclic) bond motifs is 1. The minimum absolute atomic E-state index is 0.0816. The van der Waals surface area contributed by atoms with E-state index >= 15 is 0 Å². The Morgan fingerprint density at radius 1 is 1.28 bits per heavy atom. The predicted molar refractivity (Wildman–Crippen MR) is 104 cm³/mol. The maximum Gasteiger partial charge on any atom is 0.262 e. The standard InChI is InChI=1S/C19H27N3O2S/c1-2-12-20-18(23)17-13-22(15-10-6-7-11-16(15)24-17)19(25)21-14-8-4-3-5-9-14/h6-7,10-11,14,17H,2-5,8-9,12-13H2,1H3,(H,20,23)(H,21,25)/t17-/m1/s1. The summed E-state index contributed by atoms with van der Waals surface area (Å²) in [6, 6.07) is 8.20. The molecule has 136 valence electrons. The first-order chi connectivity index (χ1) is 12.2. The SMILES string of the molecule is CCCNC(=O)[C@H]1CN(C(=S)NC2CCCCC2)c2ccccc2O1. The molecule has 1 saturated carbocycles. The summed E-state index contributed by atoms with van der Waals surface area (Å²) >= 11 is 5.69. The van der Waals surface area contributed by atoms with E-state index in [0.717, 1.165) is 24.9 Å². The lowest BCUT2D eigenvalue weighted by Crippen LogP contribution is -2.54. The van der Waals surface area contributed by atoms with Gasteiger partial charge < -0.3 is 20.3 Å². The molecule has 1 aromatic carbocycles. The number of hydrogen-bond donors (Lipinski definition) is 2. The normalized spacial score (nSPS) is 20.4. The minimum atomic E-state index is -0.549. The van der Waals surface area contributed by atoms with Crippen molar-refractivity contribution in [3.8, 4) is 5.75 Å². The van der Waals surface area contributed by atoms with Gasteiger partial charge in [-0.15, -0.1) is 0 Å². The Kier molecular flexibility index (Phi) is 6.13. The number of nitrogens with zero attached hydrogens (tertiary/aromatic N) is 1. The number of nitrogens with one attached hydrogen (secondary N) is 2. The number of hydrogen-bond acceptors (Lipinski definition) is 3. The van der Waals surface area contributed by atoms with E-state index in [-0.39, 0.29) is 5.91 Å². The smallest absolute Gasteiger partial charge is 0.262 e. The van der Waals surface area contributed by atoms with E-state index < -0.39 is 6.10 Å². The lowest BCUT2D eigenvalue weighted by Gasteiger charge is -2.37. The number of carbonyl (C=O) groups is 1. The van der Waals surface area contributed by atoms with Crippen molar-refractivity contribution in [1.82, 2.24) is 10.6 Å². The fraction of sp³-hybridized carbons (Fsp3) is 0.579. The van der Waals surface area contributed by atoms with Crippen molar-refractivity contribution in [1.29, 1.82) is 0 Å². The van der Waals surface area contributed by atoms with Crippen molar-refractivity contribution in [3.63, 3.8) is 0 Å². The summed E-state index contributed by atoms with van der Waals surface area (Å²) in [5, 5.41) is 7.11. The molecule has 6 heteroatoms. The highest BCUT2D eigenvalue weighted by atomic mass is 32.1. The van der Waals surface area contributed by atoms with Crippen molar-refractivity contribution < 1.29 is 9.53 Å². The maximum atomic E-state index is 12.4. The Hall–Kier alpha value is -1.82.